The average Bonchev–Trinajstić information content (AvgIpc) is 3.48. The fourth-order valence-electron chi connectivity index (χ4n) is 2.97. The fraction of sp³-hybridized carbons (Fsp3) is 0.0909. The van der Waals surface area contributed by atoms with Gasteiger partial charge < -0.3 is 23.2 Å². The number of rotatable bonds is 5. The van der Waals surface area contributed by atoms with Crippen molar-refractivity contribution in [3.63, 3.8) is 0 Å². The van der Waals surface area contributed by atoms with Gasteiger partial charge in [0.05, 0.1) is 0 Å². The molecular formula is C22H15NO6. The summed E-state index contributed by atoms with van der Waals surface area (Å²) in [4.78, 5) is 12.0. The molecule has 144 valence electrons. The smallest absolute Gasteiger partial charge is 0.331 e. The number of aromatic nitrogens is 1. The maximum atomic E-state index is 12.0. The SMILES string of the molecule is O=C(C=Cc1ccc2c(c1)OCO2)OCc1cc(-c2cc3ccccc3o2)on1. The van der Waals surface area contributed by atoms with Gasteiger partial charge >= 0.3 is 5.97 Å². The average molecular weight is 389 g/mol. The molecule has 7 heteroatoms. The Balaban J connectivity index is 1.21. The van der Waals surface area contributed by atoms with E-state index in [1.165, 1.54) is 6.08 Å². The van der Waals surface area contributed by atoms with E-state index in [2.05, 4.69) is 5.16 Å². The Bertz CT molecular complexity index is 1190. The van der Waals surface area contributed by atoms with Gasteiger partial charge in [0.25, 0.3) is 0 Å². The lowest BCUT2D eigenvalue weighted by Gasteiger charge is -1.99. The van der Waals surface area contributed by atoms with Crippen LogP contribution in [0.2, 0.25) is 0 Å². The lowest BCUT2D eigenvalue weighted by molar-refractivity contribution is -0.139. The van der Waals surface area contributed by atoms with Crippen LogP contribution in [-0.4, -0.2) is 17.9 Å². The summed E-state index contributed by atoms with van der Waals surface area (Å²) >= 11 is 0. The quantitative estimate of drug-likeness (QED) is 0.365. The second kappa shape index (κ2) is 7.20. The largest absolute Gasteiger partial charge is 0.456 e. The Morgan fingerprint density at radius 2 is 1.93 bits per heavy atom. The number of furan rings is 1. The standard InChI is InChI=1S/C22H15NO6/c24-22(8-6-14-5-7-18-19(9-14)27-13-26-18)25-12-16-11-21(29-23-16)20-10-15-3-1-2-4-17(15)28-20/h1-11H,12-13H2. The van der Waals surface area contributed by atoms with Crippen molar-refractivity contribution in [2.75, 3.05) is 6.79 Å². The summed E-state index contributed by atoms with van der Waals surface area (Å²) in [7, 11) is 0. The van der Waals surface area contributed by atoms with Gasteiger partial charge in [-0.05, 0) is 35.9 Å². The highest BCUT2D eigenvalue weighted by Gasteiger charge is 2.14. The number of benzene rings is 2. The molecule has 1 aliphatic rings. The molecule has 0 saturated carbocycles. The summed E-state index contributed by atoms with van der Waals surface area (Å²) in [5.74, 6) is 1.90. The van der Waals surface area contributed by atoms with Gasteiger partial charge in [0.15, 0.2) is 17.3 Å². The molecule has 0 fully saturated rings. The molecule has 4 aromatic rings. The number of hydrogen-bond donors (Lipinski definition) is 0. The van der Waals surface area contributed by atoms with Crippen LogP contribution in [0.4, 0.5) is 0 Å². The van der Waals surface area contributed by atoms with E-state index in [1.807, 2.05) is 36.4 Å². The molecule has 7 nitrogen and oxygen atoms in total. The third-order valence-corrected chi connectivity index (χ3v) is 4.40. The maximum Gasteiger partial charge on any atom is 0.331 e. The molecule has 1 aliphatic heterocycles. The lowest BCUT2D eigenvalue weighted by atomic mass is 10.2. The molecular weight excluding hydrogens is 374 g/mol. The molecule has 29 heavy (non-hydrogen) atoms. The van der Waals surface area contributed by atoms with Gasteiger partial charge in [0, 0.05) is 17.5 Å². The Kier molecular flexibility index (Phi) is 4.25. The summed E-state index contributed by atoms with van der Waals surface area (Å²) < 4.78 is 26.8. The Morgan fingerprint density at radius 1 is 1.03 bits per heavy atom. The van der Waals surface area contributed by atoms with Crippen molar-refractivity contribution in [3.05, 3.63) is 71.9 Å². The molecule has 0 atom stereocenters. The van der Waals surface area contributed by atoms with Crippen molar-refractivity contribution < 1.29 is 27.9 Å². The van der Waals surface area contributed by atoms with Gasteiger partial charge in [0.2, 0.25) is 12.6 Å². The zero-order valence-corrected chi connectivity index (χ0v) is 15.2. The van der Waals surface area contributed by atoms with Crippen LogP contribution in [0.1, 0.15) is 11.3 Å². The van der Waals surface area contributed by atoms with Gasteiger partial charge in [-0.1, -0.05) is 29.4 Å². The number of carbonyl (C=O) groups excluding carboxylic acids is 1. The first-order valence-electron chi connectivity index (χ1n) is 8.94. The zero-order chi connectivity index (χ0) is 19.6. The van der Waals surface area contributed by atoms with Crippen molar-refractivity contribution >= 4 is 23.0 Å². The maximum absolute atomic E-state index is 12.0. The molecule has 0 spiro atoms. The first-order chi connectivity index (χ1) is 14.2. The number of esters is 1. The minimum absolute atomic E-state index is 0.00591. The fourth-order valence-corrected chi connectivity index (χ4v) is 2.97. The Labute approximate surface area is 165 Å². The summed E-state index contributed by atoms with van der Waals surface area (Å²) in [6, 6.07) is 16.6. The summed E-state index contributed by atoms with van der Waals surface area (Å²) in [5.41, 5.74) is 2.06. The summed E-state index contributed by atoms with van der Waals surface area (Å²) in [5, 5.41) is 4.90. The third kappa shape index (κ3) is 3.58. The molecule has 2 aromatic heterocycles. The highest BCUT2D eigenvalue weighted by Crippen LogP contribution is 2.33. The summed E-state index contributed by atoms with van der Waals surface area (Å²) in [6.45, 7) is 0.201. The number of para-hydroxylation sites is 1. The number of hydrogen-bond acceptors (Lipinski definition) is 7. The molecule has 0 radical (unpaired) electrons. The number of ether oxygens (including phenoxy) is 3. The van der Waals surface area contributed by atoms with Crippen molar-refractivity contribution in [2.45, 2.75) is 6.61 Å². The Morgan fingerprint density at radius 3 is 2.86 bits per heavy atom. The predicted molar refractivity (Wildman–Crippen MR) is 103 cm³/mol. The van der Waals surface area contributed by atoms with Gasteiger partial charge in [-0.25, -0.2) is 4.79 Å². The minimum Gasteiger partial charge on any atom is -0.456 e. The van der Waals surface area contributed by atoms with Gasteiger partial charge in [-0.15, -0.1) is 0 Å². The zero-order valence-electron chi connectivity index (χ0n) is 15.2. The van der Waals surface area contributed by atoms with Crippen molar-refractivity contribution in [2.24, 2.45) is 0 Å². The molecule has 5 rings (SSSR count). The molecule has 3 heterocycles. The van der Waals surface area contributed by atoms with E-state index in [1.54, 1.807) is 24.3 Å². The van der Waals surface area contributed by atoms with Crippen LogP contribution in [0.15, 0.2) is 69.6 Å². The first kappa shape index (κ1) is 17.1. The van der Waals surface area contributed by atoms with Crippen LogP contribution in [0.3, 0.4) is 0 Å². The first-order valence-corrected chi connectivity index (χ1v) is 8.94. The van der Waals surface area contributed by atoms with Crippen molar-refractivity contribution in [1.29, 1.82) is 0 Å². The van der Waals surface area contributed by atoms with Crippen LogP contribution in [0.5, 0.6) is 11.5 Å². The topological polar surface area (TPSA) is 83.9 Å². The Hall–Kier alpha value is -4.00. The van der Waals surface area contributed by atoms with Crippen LogP contribution in [0.25, 0.3) is 28.6 Å². The predicted octanol–water partition coefficient (Wildman–Crippen LogP) is 4.57. The van der Waals surface area contributed by atoms with Crippen LogP contribution in [0, 0.1) is 0 Å². The normalized spacial score (nSPS) is 12.7. The van der Waals surface area contributed by atoms with E-state index in [0.717, 1.165) is 16.5 Å². The molecule has 0 saturated heterocycles. The monoisotopic (exact) mass is 389 g/mol. The number of carbonyl (C=O) groups is 1. The van der Waals surface area contributed by atoms with Gasteiger partial charge in [-0.2, -0.15) is 0 Å². The molecule has 0 unspecified atom stereocenters. The molecule has 0 N–H and O–H groups in total. The van der Waals surface area contributed by atoms with E-state index in [0.29, 0.717) is 28.7 Å². The molecule has 2 aromatic carbocycles. The number of fused-ring (bicyclic) bond motifs is 2. The van der Waals surface area contributed by atoms with Gasteiger partial charge in [0.1, 0.15) is 17.9 Å². The van der Waals surface area contributed by atoms with E-state index < -0.39 is 5.97 Å². The highest BCUT2D eigenvalue weighted by molar-refractivity contribution is 5.87. The summed E-state index contributed by atoms with van der Waals surface area (Å²) in [6.07, 6.45) is 2.99. The minimum atomic E-state index is -0.490. The molecule has 0 aliphatic carbocycles. The van der Waals surface area contributed by atoms with E-state index >= 15 is 0 Å². The van der Waals surface area contributed by atoms with Crippen LogP contribution in [-0.2, 0) is 16.1 Å². The van der Waals surface area contributed by atoms with Crippen molar-refractivity contribution in [1.82, 2.24) is 5.16 Å². The van der Waals surface area contributed by atoms with Crippen LogP contribution >= 0.6 is 0 Å². The molecule has 0 amide bonds. The van der Waals surface area contributed by atoms with E-state index in [4.69, 9.17) is 23.2 Å². The van der Waals surface area contributed by atoms with E-state index in [9.17, 15) is 4.79 Å². The second-order valence-corrected chi connectivity index (χ2v) is 6.38. The van der Waals surface area contributed by atoms with Crippen LogP contribution < -0.4 is 9.47 Å². The van der Waals surface area contributed by atoms with E-state index in [-0.39, 0.29) is 13.4 Å². The second-order valence-electron chi connectivity index (χ2n) is 6.38. The third-order valence-electron chi connectivity index (χ3n) is 4.40. The highest BCUT2D eigenvalue weighted by atomic mass is 16.7. The lowest BCUT2D eigenvalue weighted by Crippen LogP contribution is -2.00. The number of nitrogens with zero attached hydrogens (tertiary/aromatic N) is 1. The van der Waals surface area contributed by atoms with Crippen molar-refractivity contribution in [3.8, 4) is 23.0 Å². The van der Waals surface area contributed by atoms with Gasteiger partial charge in [-0.3, -0.25) is 0 Å². The molecule has 0 bridgehead atoms.